The third-order valence-electron chi connectivity index (χ3n) is 4.46. The van der Waals surface area contributed by atoms with Crippen molar-refractivity contribution >= 4 is 22.4 Å². The molecule has 1 saturated heterocycles. The van der Waals surface area contributed by atoms with Crippen molar-refractivity contribution in [2.45, 2.75) is 59.2 Å². The molecule has 3 heterocycles. The van der Waals surface area contributed by atoms with Crippen molar-refractivity contribution in [1.29, 1.82) is 0 Å². The van der Waals surface area contributed by atoms with E-state index in [1.54, 1.807) is 6.33 Å². The highest BCUT2D eigenvalue weighted by atomic mass is 32.1. The lowest BCUT2D eigenvalue weighted by molar-refractivity contribution is -0.114. The van der Waals surface area contributed by atoms with Gasteiger partial charge in [-0.3, -0.25) is 9.69 Å². The van der Waals surface area contributed by atoms with Crippen molar-refractivity contribution in [2.24, 2.45) is 5.92 Å². The molecule has 7 nitrogen and oxygen atoms in total. The Morgan fingerprint density at radius 3 is 2.96 bits per heavy atom. The number of carbonyl (C=O) groups is 1. The summed E-state index contributed by atoms with van der Waals surface area (Å²) < 4.78 is 6.13. The normalized spacial score (nSPS) is 20.2. The molecule has 27 heavy (non-hydrogen) atoms. The van der Waals surface area contributed by atoms with Crippen LogP contribution in [-0.4, -0.2) is 44.4 Å². The number of ether oxygens (including phenoxy) is 1. The molecule has 2 aromatic rings. The molecule has 1 fully saturated rings. The third kappa shape index (κ3) is 5.71. The first-order chi connectivity index (χ1) is 12.9. The van der Waals surface area contributed by atoms with E-state index in [0.717, 1.165) is 36.5 Å². The fourth-order valence-corrected chi connectivity index (χ4v) is 4.17. The maximum Gasteiger partial charge on any atom is 0.223 e. The van der Waals surface area contributed by atoms with Crippen molar-refractivity contribution in [3.05, 3.63) is 29.2 Å². The molecule has 0 bridgehead atoms. The lowest BCUT2D eigenvalue weighted by atomic mass is 10.1. The smallest absolute Gasteiger partial charge is 0.223 e. The number of nitrogens with one attached hydrogen (secondary N) is 1. The molecule has 0 aromatic carbocycles. The van der Waals surface area contributed by atoms with Gasteiger partial charge in [0, 0.05) is 55.3 Å². The third-order valence-corrected chi connectivity index (χ3v) is 5.36. The second-order valence-corrected chi connectivity index (χ2v) is 8.63. The fraction of sp³-hybridized carbons (Fsp3) is 0.579. The summed E-state index contributed by atoms with van der Waals surface area (Å²) in [5, 5.41) is 3.38. The monoisotopic (exact) mass is 389 g/mol. The highest BCUT2D eigenvalue weighted by molar-refractivity contribution is 7.15. The van der Waals surface area contributed by atoms with E-state index in [1.165, 1.54) is 18.3 Å². The Kier molecular flexibility index (Phi) is 6.38. The van der Waals surface area contributed by atoms with Gasteiger partial charge in [0.25, 0.3) is 0 Å². The number of carbonyl (C=O) groups excluding carboxylic acids is 1. The molecule has 1 aliphatic rings. The quantitative estimate of drug-likeness (QED) is 0.784. The molecule has 1 N–H and O–H groups in total. The largest absolute Gasteiger partial charge is 0.473 e. The molecular weight excluding hydrogens is 362 g/mol. The molecule has 1 amide bonds. The van der Waals surface area contributed by atoms with E-state index in [2.05, 4.69) is 45.9 Å². The van der Waals surface area contributed by atoms with Crippen LogP contribution in [0.3, 0.4) is 0 Å². The van der Waals surface area contributed by atoms with E-state index < -0.39 is 0 Å². The van der Waals surface area contributed by atoms with E-state index in [-0.39, 0.29) is 12.0 Å². The maximum absolute atomic E-state index is 11.1. The first-order valence-electron chi connectivity index (χ1n) is 9.33. The second kappa shape index (κ2) is 8.75. The zero-order chi connectivity index (χ0) is 19.4. The Labute approximate surface area is 164 Å². The van der Waals surface area contributed by atoms with E-state index in [1.807, 2.05) is 12.3 Å². The zero-order valence-electron chi connectivity index (χ0n) is 16.3. The summed E-state index contributed by atoms with van der Waals surface area (Å²) in [6, 6.07) is 2.37. The first kappa shape index (κ1) is 19.7. The second-order valence-electron chi connectivity index (χ2n) is 7.51. The minimum Gasteiger partial charge on any atom is -0.473 e. The molecule has 8 heteroatoms. The van der Waals surface area contributed by atoms with Crippen LogP contribution in [-0.2, 0) is 17.8 Å². The first-order valence-corrected chi connectivity index (χ1v) is 10.1. The molecule has 0 aliphatic carbocycles. The van der Waals surface area contributed by atoms with Gasteiger partial charge >= 0.3 is 0 Å². The van der Waals surface area contributed by atoms with Gasteiger partial charge in [0.15, 0.2) is 5.13 Å². The van der Waals surface area contributed by atoms with Crippen LogP contribution >= 0.6 is 11.3 Å². The molecule has 2 atom stereocenters. The van der Waals surface area contributed by atoms with Crippen molar-refractivity contribution in [1.82, 2.24) is 19.9 Å². The predicted octanol–water partition coefficient (Wildman–Crippen LogP) is 3.13. The average Bonchev–Trinajstić information content (AvgIpc) is 3.13. The number of likely N-dealkylation sites (tertiary alicyclic amines) is 1. The molecule has 2 aromatic heterocycles. The highest BCUT2D eigenvalue weighted by Crippen LogP contribution is 2.26. The molecule has 146 valence electrons. The van der Waals surface area contributed by atoms with Gasteiger partial charge in [0.2, 0.25) is 11.8 Å². The minimum absolute atomic E-state index is 0.0967. The van der Waals surface area contributed by atoms with Crippen molar-refractivity contribution in [2.75, 3.05) is 11.9 Å². The van der Waals surface area contributed by atoms with Gasteiger partial charge in [-0.05, 0) is 19.3 Å². The molecule has 0 radical (unpaired) electrons. The van der Waals surface area contributed by atoms with Gasteiger partial charge in [0.05, 0.1) is 0 Å². The predicted molar refractivity (Wildman–Crippen MR) is 106 cm³/mol. The number of nitrogens with zero attached hydrogens (tertiary/aromatic N) is 4. The summed E-state index contributed by atoms with van der Waals surface area (Å²) >= 11 is 1.52. The number of thiazole rings is 1. The molecule has 3 rings (SSSR count). The van der Waals surface area contributed by atoms with Gasteiger partial charge in [-0.1, -0.05) is 13.8 Å². The van der Waals surface area contributed by atoms with Crippen LogP contribution in [0, 0.1) is 5.92 Å². The van der Waals surface area contributed by atoms with E-state index in [0.29, 0.717) is 23.0 Å². The lowest BCUT2D eigenvalue weighted by Crippen LogP contribution is -2.27. The molecule has 0 saturated carbocycles. The Bertz CT molecular complexity index is 779. The summed E-state index contributed by atoms with van der Waals surface area (Å²) in [7, 11) is 0. The van der Waals surface area contributed by atoms with Crippen LogP contribution in [0.25, 0.3) is 0 Å². The van der Waals surface area contributed by atoms with E-state index >= 15 is 0 Å². The summed E-state index contributed by atoms with van der Waals surface area (Å²) in [6.45, 7) is 9.71. The standard InChI is InChI=1S/C19H27N5O2S/c1-12(2)5-15-7-18(22-11-21-15)26-16-6-13(3)24(9-16)10-17-8-20-19(27-17)23-14(4)25/h7-8,11-13,16H,5-6,9-10H2,1-4H3,(H,20,23,25)/t13-,16+/m0/s1. The van der Waals surface area contributed by atoms with Crippen LogP contribution in [0.1, 0.15) is 44.7 Å². The summed E-state index contributed by atoms with van der Waals surface area (Å²) in [6.07, 6.45) is 5.42. The number of anilines is 1. The maximum atomic E-state index is 11.1. The van der Waals surface area contributed by atoms with Crippen molar-refractivity contribution in [3.8, 4) is 5.88 Å². The van der Waals surface area contributed by atoms with Crippen molar-refractivity contribution in [3.63, 3.8) is 0 Å². The van der Waals surface area contributed by atoms with Gasteiger partial charge < -0.3 is 10.1 Å². The Morgan fingerprint density at radius 2 is 2.22 bits per heavy atom. The Balaban J connectivity index is 1.56. The average molecular weight is 390 g/mol. The van der Waals surface area contributed by atoms with E-state index in [9.17, 15) is 4.79 Å². The van der Waals surface area contributed by atoms with Gasteiger partial charge in [0.1, 0.15) is 12.4 Å². The Morgan fingerprint density at radius 1 is 1.41 bits per heavy atom. The summed E-state index contributed by atoms with van der Waals surface area (Å²) in [4.78, 5) is 27.5. The van der Waals surface area contributed by atoms with Crippen LogP contribution < -0.4 is 10.1 Å². The molecule has 0 spiro atoms. The summed E-state index contributed by atoms with van der Waals surface area (Å²) in [5.41, 5.74) is 1.02. The molecular formula is C19H27N5O2S. The zero-order valence-corrected chi connectivity index (χ0v) is 17.1. The lowest BCUT2D eigenvalue weighted by Gasteiger charge is -2.19. The van der Waals surface area contributed by atoms with Crippen molar-refractivity contribution < 1.29 is 9.53 Å². The number of amides is 1. The Hall–Kier alpha value is -2.06. The van der Waals surface area contributed by atoms with Crippen LogP contribution in [0.4, 0.5) is 5.13 Å². The number of rotatable bonds is 7. The topological polar surface area (TPSA) is 80.2 Å². The van der Waals surface area contributed by atoms with Crippen LogP contribution in [0.5, 0.6) is 5.88 Å². The number of hydrogen-bond acceptors (Lipinski definition) is 7. The SMILES string of the molecule is CC(=O)Nc1ncc(CN2C[C@H](Oc3cc(CC(C)C)ncn3)C[C@@H]2C)s1. The van der Waals surface area contributed by atoms with Crippen LogP contribution in [0.2, 0.25) is 0 Å². The molecule has 0 unspecified atom stereocenters. The number of hydrogen-bond donors (Lipinski definition) is 1. The molecule has 1 aliphatic heterocycles. The van der Waals surface area contributed by atoms with E-state index in [4.69, 9.17) is 4.74 Å². The van der Waals surface area contributed by atoms with Gasteiger partial charge in [-0.2, -0.15) is 0 Å². The van der Waals surface area contributed by atoms with Gasteiger partial charge in [-0.15, -0.1) is 11.3 Å². The highest BCUT2D eigenvalue weighted by Gasteiger charge is 2.31. The van der Waals surface area contributed by atoms with Crippen LogP contribution in [0.15, 0.2) is 18.6 Å². The minimum atomic E-state index is -0.0967. The fourth-order valence-electron chi connectivity index (χ4n) is 3.28. The summed E-state index contributed by atoms with van der Waals surface area (Å²) in [5.74, 6) is 1.11. The van der Waals surface area contributed by atoms with Gasteiger partial charge in [-0.25, -0.2) is 15.0 Å². The number of aromatic nitrogens is 3.